The third-order valence-corrected chi connectivity index (χ3v) is 4.45. The molecule has 90 valence electrons. The zero-order chi connectivity index (χ0) is 12.3. The van der Waals surface area contributed by atoms with E-state index in [1.807, 2.05) is 22.9 Å². The number of carbonyl (C=O) groups is 1. The molecule has 2 aromatic rings. The van der Waals surface area contributed by atoms with Crippen molar-refractivity contribution in [3.05, 3.63) is 28.6 Å². The number of thiazole rings is 1. The monoisotopic (exact) mass is 286 g/mol. The van der Waals surface area contributed by atoms with E-state index in [2.05, 4.69) is 17.6 Å². The van der Waals surface area contributed by atoms with Gasteiger partial charge in [-0.05, 0) is 11.4 Å². The lowest BCUT2D eigenvalue weighted by atomic mass is 10.2. The summed E-state index contributed by atoms with van der Waals surface area (Å²) in [5.74, 6) is -0.515. The van der Waals surface area contributed by atoms with Gasteiger partial charge in [0.05, 0.1) is 15.8 Å². The Morgan fingerprint density at radius 3 is 3.06 bits per heavy atom. The molecule has 1 unspecified atom stereocenters. The molecule has 0 aliphatic carbocycles. The summed E-state index contributed by atoms with van der Waals surface area (Å²) in [6.07, 6.45) is 0.400. The fraction of sp³-hybridized carbons (Fsp3) is 0.200. The Morgan fingerprint density at radius 2 is 2.41 bits per heavy atom. The molecule has 0 spiro atoms. The van der Waals surface area contributed by atoms with Crippen LogP contribution in [0.5, 0.6) is 0 Å². The van der Waals surface area contributed by atoms with Crippen molar-refractivity contribution in [2.75, 3.05) is 0 Å². The SMILES string of the molecule is O=C(NO)C(S)Cc1csc(-c2cccs2)n1. The summed E-state index contributed by atoms with van der Waals surface area (Å²) in [5, 5.41) is 12.7. The molecular formula is C10H10N2O2S3. The van der Waals surface area contributed by atoms with Crippen molar-refractivity contribution in [1.29, 1.82) is 0 Å². The minimum Gasteiger partial charge on any atom is -0.289 e. The van der Waals surface area contributed by atoms with Crippen LogP contribution in [-0.2, 0) is 11.2 Å². The van der Waals surface area contributed by atoms with Crippen LogP contribution in [0.3, 0.4) is 0 Å². The molecule has 2 rings (SSSR count). The summed E-state index contributed by atoms with van der Waals surface area (Å²) in [4.78, 5) is 16.6. The molecular weight excluding hydrogens is 276 g/mol. The fourth-order valence-corrected chi connectivity index (χ4v) is 3.17. The zero-order valence-corrected chi connectivity index (χ0v) is 11.2. The Hall–Kier alpha value is -0.890. The number of thiophene rings is 1. The summed E-state index contributed by atoms with van der Waals surface area (Å²) in [7, 11) is 0. The molecule has 0 aromatic carbocycles. The predicted molar refractivity (Wildman–Crippen MR) is 71.8 cm³/mol. The number of thiol groups is 1. The molecule has 0 fully saturated rings. The summed E-state index contributed by atoms with van der Waals surface area (Å²) < 4.78 is 0. The van der Waals surface area contributed by atoms with Gasteiger partial charge < -0.3 is 0 Å². The number of aromatic nitrogens is 1. The first-order chi connectivity index (χ1) is 8.20. The Kier molecular flexibility index (Phi) is 4.16. The van der Waals surface area contributed by atoms with E-state index < -0.39 is 11.2 Å². The first-order valence-electron chi connectivity index (χ1n) is 4.81. The van der Waals surface area contributed by atoms with Gasteiger partial charge in [0.15, 0.2) is 0 Å². The van der Waals surface area contributed by atoms with Gasteiger partial charge in [-0.3, -0.25) is 10.0 Å². The summed E-state index contributed by atoms with van der Waals surface area (Å²) in [6.45, 7) is 0. The number of hydrogen-bond donors (Lipinski definition) is 3. The van der Waals surface area contributed by atoms with Crippen LogP contribution >= 0.6 is 35.3 Å². The lowest BCUT2D eigenvalue weighted by Crippen LogP contribution is -2.30. The smallest absolute Gasteiger partial charge is 0.256 e. The Balaban J connectivity index is 2.06. The highest BCUT2D eigenvalue weighted by Gasteiger charge is 2.15. The number of carbonyl (C=O) groups excluding carboxylic acids is 1. The van der Waals surface area contributed by atoms with Crippen molar-refractivity contribution >= 4 is 41.2 Å². The molecule has 2 heterocycles. The van der Waals surface area contributed by atoms with Crippen LogP contribution in [0.4, 0.5) is 0 Å². The molecule has 1 amide bonds. The van der Waals surface area contributed by atoms with Crippen molar-refractivity contribution < 1.29 is 10.0 Å². The third-order valence-electron chi connectivity index (χ3n) is 2.10. The first kappa shape index (κ1) is 12.6. The van der Waals surface area contributed by atoms with Crippen LogP contribution in [-0.4, -0.2) is 21.3 Å². The van der Waals surface area contributed by atoms with Gasteiger partial charge in [0, 0.05) is 11.8 Å². The van der Waals surface area contributed by atoms with Gasteiger partial charge in [-0.15, -0.1) is 22.7 Å². The lowest BCUT2D eigenvalue weighted by molar-refractivity contribution is -0.128. The second-order valence-corrected chi connectivity index (χ2v) is 5.75. The minimum atomic E-state index is -0.585. The first-order valence-corrected chi connectivity index (χ1v) is 7.08. The van der Waals surface area contributed by atoms with Gasteiger partial charge in [-0.25, -0.2) is 10.5 Å². The Bertz CT molecular complexity index is 495. The Labute approximate surface area is 112 Å². The van der Waals surface area contributed by atoms with Crippen molar-refractivity contribution in [1.82, 2.24) is 10.5 Å². The molecule has 2 aromatic heterocycles. The van der Waals surface area contributed by atoms with E-state index in [1.54, 1.807) is 16.8 Å². The minimum absolute atomic E-state index is 0.400. The van der Waals surface area contributed by atoms with E-state index in [1.165, 1.54) is 11.3 Å². The van der Waals surface area contributed by atoms with Crippen LogP contribution in [0.1, 0.15) is 5.69 Å². The van der Waals surface area contributed by atoms with Crippen molar-refractivity contribution in [3.63, 3.8) is 0 Å². The Morgan fingerprint density at radius 1 is 1.59 bits per heavy atom. The van der Waals surface area contributed by atoms with Gasteiger partial charge in [0.2, 0.25) is 0 Å². The number of nitrogens with one attached hydrogen (secondary N) is 1. The molecule has 0 saturated heterocycles. The maximum absolute atomic E-state index is 11.1. The van der Waals surface area contributed by atoms with E-state index in [-0.39, 0.29) is 0 Å². The highest BCUT2D eigenvalue weighted by molar-refractivity contribution is 7.81. The van der Waals surface area contributed by atoms with Crippen LogP contribution in [0.15, 0.2) is 22.9 Å². The molecule has 0 radical (unpaired) electrons. The number of hydroxylamine groups is 1. The van der Waals surface area contributed by atoms with Gasteiger partial charge in [0.1, 0.15) is 5.01 Å². The van der Waals surface area contributed by atoms with Crippen LogP contribution < -0.4 is 5.48 Å². The summed E-state index contributed by atoms with van der Waals surface area (Å²) in [6, 6.07) is 3.98. The largest absolute Gasteiger partial charge is 0.289 e. The molecule has 2 N–H and O–H groups in total. The number of hydrogen-bond acceptors (Lipinski definition) is 6. The fourth-order valence-electron chi connectivity index (χ4n) is 1.28. The molecule has 4 nitrogen and oxygen atoms in total. The predicted octanol–water partition coefficient (Wildman–Crippen LogP) is 2.22. The van der Waals surface area contributed by atoms with E-state index in [0.29, 0.717) is 6.42 Å². The standard InChI is InChI=1S/C10H10N2O2S3/c13-9(12-14)7(15)4-6-5-17-10(11-6)8-2-1-3-16-8/h1-3,5,7,14-15H,4H2,(H,12,13). The van der Waals surface area contributed by atoms with E-state index >= 15 is 0 Å². The molecule has 0 aliphatic rings. The second-order valence-electron chi connectivity index (χ2n) is 3.32. The highest BCUT2D eigenvalue weighted by Crippen LogP contribution is 2.28. The van der Waals surface area contributed by atoms with Crippen LogP contribution in [0, 0.1) is 0 Å². The maximum Gasteiger partial charge on any atom is 0.256 e. The van der Waals surface area contributed by atoms with Crippen molar-refractivity contribution in [2.45, 2.75) is 11.7 Å². The number of rotatable bonds is 4. The maximum atomic E-state index is 11.1. The summed E-state index contributed by atoms with van der Waals surface area (Å²) in [5.41, 5.74) is 2.39. The second kappa shape index (κ2) is 5.63. The average Bonchev–Trinajstić information content (AvgIpc) is 2.97. The highest BCUT2D eigenvalue weighted by atomic mass is 32.1. The number of nitrogens with zero attached hydrogens (tertiary/aromatic N) is 1. The summed E-state index contributed by atoms with van der Waals surface area (Å²) >= 11 is 7.26. The number of amides is 1. The van der Waals surface area contributed by atoms with Crippen molar-refractivity contribution in [3.8, 4) is 9.88 Å². The average molecular weight is 286 g/mol. The third kappa shape index (κ3) is 3.06. The van der Waals surface area contributed by atoms with E-state index in [4.69, 9.17) is 5.21 Å². The van der Waals surface area contributed by atoms with E-state index in [0.717, 1.165) is 15.6 Å². The lowest BCUT2D eigenvalue weighted by Gasteiger charge is -2.05. The topological polar surface area (TPSA) is 62.2 Å². The zero-order valence-electron chi connectivity index (χ0n) is 8.66. The molecule has 0 saturated carbocycles. The molecule has 17 heavy (non-hydrogen) atoms. The molecule has 0 aliphatic heterocycles. The van der Waals surface area contributed by atoms with E-state index in [9.17, 15) is 4.79 Å². The molecule has 0 bridgehead atoms. The molecule has 1 atom stereocenters. The molecule has 7 heteroatoms. The van der Waals surface area contributed by atoms with Crippen molar-refractivity contribution in [2.24, 2.45) is 0 Å². The van der Waals surface area contributed by atoms with Gasteiger partial charge in [-0.1, -0.05) is 6.07 Å². The van der Waals surface area contributed by atoms with Gasteiger partial charge in [-0.2, -0.15) is 12.6 Å². The van der Waals surface area contributed by atoms with Gasteiger partial charge >= 0.3 is 0 Å². The van der Waals surface area contributed by atoms with Crippen LogP contribution in [0.2, 0.25) is 0 Å². The quantitative estimate of drug-likeness (QED) is 0.459. The van der Waals surface area contributed by atoms with Crippen LogP contribution in [0.25, 0.3) is 9.88 Å². The normalized spacial score (nSPS) is 12.4. The van der Waals surface area contributed by atoms with Gasteiger partial charge in [0.25, 0.3) is 5.91 Å².